The van der Waals surface area contributed by atoms with Crippen LogP contribution in [0.25, 0.3) is 5.57 Å². The van der Waals surface area contributed by atoms with Crippen molar-refractivity contribution in [1.82, 2.24) is 0 Å². The van der Waals surface area contributed by atoms with Crippen LogP contribution in [0.5, 0.6) is 0 Å². The fraction of sp³-hybridized carbons (Fsp3) is 0.222. The van der Waals surface area contributed by atoms with Gasteiger partial charge >= 0.3 is 0 Å². The Balaban J connectivity index is 2.24. The first-order valence-electron chi connectivity index (χ1n) is 6.58. The lowest BCUT2D eigenvalue weighted by Crippen LogP contribution is -2.17. The number of rotatable bonds is 4. The molecule has 0 heterocycles. The minimum Gasteiger partial charge on any atom is -0.515 e. The van der Waals surface area contributed by atoms with Gasteiger partial charge in [-0.05, 0) is 28.5 Å². The molecule has 19 heavy (non-hydrogen) atoms. The molecule has 0 saturated heterocycles. The van der Waals surface area contributed by atoms with Crippen LogP contribution in [-0.2, 0) is 5.41 Å². The Morgan fingerprint density at radius 3 is 2.00 bits per heavy atom. The van der Waals surface area contributed by atoms with E-state index in [1.807, 2.05) is 36.4 Å². The molecule has 1 heteroatoms. The molecule has 0 bridgehead atoms. The standard InChI is InChI=1S/C18H20O/c1-18(2,17-11-7-4-8-12-17)13-16(14-19)15-9-5-3-6-10-15/h3-12,14,19H,13H2,1-2H3. The molecule has 0 atom stereocenters. The third-order valence-corrected chi connectivity index (χ3v) is 3.49. The van der Waals surface area contributed by atoms with E-state index in [1.165, 1.54) is 11.8 Å². The third kappa shape index (κ3) is 3.25. The molecule has 0 aliphatic heterocycles. The summed E-state index contributed by atoms with van der Waals surface area (Å²) in [7, 11) is 0. The van der Waals surface area contributed by atoms with Gasteiger partial charge in [-0.3, -0.25) is 0 Å². The molecule has 98 valence electrons. The monoisotopic (exact) mass is 252 g/mol. The van der Waals surface area contributed by atoms with E-state index in [4.69, 9.17) is 0 Å². The number of aliphatic hydroxyl groups excluding tert-OH is 1. The van der Waals surface area contributed by atoms with Crippen LogP contribution in [-0.4, -0.2) is 5.11 Å². The first-order valence-corrected chi connectivity index (χ1v) is 6.58. The molecule has 1 N–H and O–H groups in total. The zero-order valence-corrected chi connectivity index (χ0v) is 11.5. The summed E-state index contributed by atoms with van der Waals surface area (Å²) < 4.78 is 0. The maximum Gasteiger partial charge on any atom is 0.0829 e. The molecule has 2 aromatic rings. The van der Waals surface area contributed by atoms with Gasteiger partial charge in [0.25, 0.3) is 0 Å². The molecule has 0 spiro atoms. The van der Waals surface area contributed by atoms with Crippen molar-refractivity contribution >= 4 is 5.57 Å². The number of hydrogen-bond donors (Lipinski definition) is 1. The van der Waals surface area contributed by atoms with Crippen molar-refractivity contribution in [2.45, 2.75) is 25.7 Å². The number of benzene rings is 2. The molecule has 0 fully saturated rings. The fourth-order valence-electron chi connectivity index (χ4n) is 2.34. The Hall–Kier alpha value is -2.02. The predicted octanol–water partition coefficient (Wildman–Crippen LogP) is 4.95. The van der Waals surface area contributed by atoms with Crippen molar-refractivity contribution in [2.24, 2.45) is 0 Å². The molecule has 0 amide bonds. The SMILES string of the molecule is CC(C)(CC(=CO)c1ccccc1)c1ccccc1. The minimum atomic E-state index is -0.00827. The first-order chi connectivity index (χ1) is 9.13. The highest BCUT2D eigenvalue weighted by Gasteiger charge is 2.22. The highest BCUT2D eigenvalue weighted by atomic mass is 16.2. The minimum absolute atomic E-state index is 0.00827. The fourth-order valence-corrected chi connectivity index (χ4v) is 2.34. The van der Waals surface area contributed by atoms with Crippen LogP contribution in [0.3, 0.4) is 0 Å². The summed E-state index contributed by atoms with van der Waals surface area (Å²) in [5.74, 6) is 0. The Morgan fingerprint density at radius 2 is 1.47 bits per heavy atom. The quantitative estimate of drug-likeness (QED) is 0.763. The highest BCUT2D eigenvalue weighted by molar-refractivity contribution is 5.65. The second kappa shape index (κ2) is 5.75. The summed E-state index contributed by atoms with van der Waals surface area (Å²) in [6.45, 7) is 4.41. The number of allylic oxidation sites excluding steroid dienone is 1. The van der Waals surface area contributed by atoms with Crippen molar-refractivity contribution in [1.29, 1.82) is 0 Å². The lowest BCUT2D eigenvalue weighted by atomic mass is 9.78. The van der Waals surface area contributed by atoms with E-state index in [0.29, 0.717) is 0 Å². The second-order valence-electron chi connectivity index (χ2n) is 5.45. The zero-order valence-electron chi connectivity index (χ0n) is 11.5. The van der Waals surface area contributed by atoms with Crippen LogP contribution in [0.2, 0.25) is 0 Å². The van der Waals surface area contributed by atoms with E-state index in [-0.39, 0.29) is 5.41 Å². The lowest BCUT2D eigenvalue weighted by Gasteiger charge is -2.26. The van der Waals surface area contributed by atoms with Gasteiger partial charge < -0.3 is 5.11 Å². The van der Waals surface area contributed by atoms with Crippen LogP contribution < -0.4 is 0 Å². The summed E-state index contributed by atoms with van der Waals surface area (Å²) in [6.07, 6.45) is 2.04. The number of aliphatic hydroxyl groups is 1. The van der Waals surface area contributed by atoms with Crippen LogP contribution in [0.4, 0.5) is 0 Å². The topological polar surface area (TPSA) is 20.2 Å². The van der Waals surface area contributed by atoms with Crippen molar-refractivity contribution in [3.63, 3.8) is 0 Å². The largest absolute Gasteiger partial charge is 0.515 e. The molecule has 0 unspecified atom stereocenters. The molecule has 0 aliphatic carbocycles. The predicted molar refractivity (Wildman–Crippen MR) is 81.1 cm³/mol. The average Bonchev–Trinajstić information content (AvgIpc) is 2.47. The van der Waals surface area contributed by atoms with E-state index in [0.717, 1.165) is 17.6 Å². The molecule has 2 rings (SSSR count). The molecule has 0 saturated carbocycles. The molecular weight excluding hydrogens is 232 g/mol. The van der Waals surface area contributed by atoms with E-state index >= 15 is 0 Å². The van der Waals surface area contributed by atoms with E-state index in [1.54, 1.807) is 0 Å². The van der Waals surface area contributed by atoms with Gasteiger partial charge in [0.15, 0.2) is 0 Å². The molecule has 0 aromatic heterocycles. The smallest absolute Gasteiger partial charge is 0.0829 e. The Bertz CT molecular complexity index is 538. The van der Waals surface area contributed by atoms with Crippen LogP contribution >= 0.6 is 0 Å². The van der Waals surface area contributed by atoms with Gasteiger partial charge in [0.2, 0.25) is 0 Å². The van der Waals surface area contributed by atoms with E-state index < -0.39 is 0 Å². The Labute approximate surface area is 115 Å². The number of hydrogen-bond acceptors (Lipinski definition) is 1. The van der Waals surface area contributed by atoms with E-state index in [2.05, 4.69) is 38.1 Å². The van der Waals surface area contributed by atoms with Crippen molar-refractivity contribution in [2.75, 3.05) is 0 Å². The van der Waals surface area contributed by atoms with Crippen LogP contribution in [0.1, 0.15) is 31.4 Å². The molecule has 0 aliphatic rings. The normalized spacial score (nSPS) is 12.4. The van der Waals surface area contributed by atoms with Gasteiger partial charge in [0.1, 0.15) is 0 Å². The van der Waals surface area contributed by atoms with Crippen LogP contribution in [0.15, 0.2) is 66.9 Å². The van der Waals surface area contributed by atoms with Crippen molar-refractivity contribution in [3.05, 3.63) is 78.1 Å². The van der Waals surface area contributed by atoms with Gasteiger partial charge in [-0.2, -0.15) is 0 Å². The molecular formula is C18H20O. The molecule has 1 nitrogen and oxygen atoms in total. The zero-order chi connectivity index (χ0) is 13.7. The Morgan fingerprint density at radius 1 is 0.947 bits per heavy atom. The summed E-state index contributed by atoms with van der Waals surface area (Å²) in [6, 6.07) is 20.5. The van der Waals surface area contributed by atoms with Gasteiger partial charge in [0, 0.05) is 0 Å². The van der Waals surface area contributed by atoms with Gasteiger partial charge in [-0.1, -0.05) is 74.5 Å². The van der Waals surface area contributed by atoms with Gasteiger partial charge in [-0.15, -0.1) is 0 Å². The second-order valence-corrected chi connectivity index (χ2v) is 5.45. The third-order valence-electron chi connectivity index (χ3n) is 3.49. The van der Waals surface area contributed by atoms with Gasteiger partial charge in [-0.25, -0.2) is 0 Å². The maximum absolute atomic E-state index is 9.53. The molecule has 0 radical (unpaired) electrons. The van der Waals surface area contributed by atoms with Crippen molar-refractivity contribution in [3.8, 4) is 0 Å². The van der Waals surface area contributed by atoms with E-state index in [9.17, 15) is 5.11 Å². The van der Waals surface area contributed by atoms with Crippen molar-refractivity contribution < 1.29 is 5.11 Å². The lowest BCUT2D eigenvalue weighted by molar-refractivity contribution is 0.466. The summed E-state index contributed by atoms with van der Waals surface area (Å²) in [5.41, 5.74) is 3.32. The molecule has 2 aromatic carbocycles. The average molecular weight is 252 g/mol. The van der Waals surface area contributed by atoms with Crippen LogP contribution in [0, 0.1) is 0 Å². The summed E-state index contributed by atoms with van der Waals surface area (Å²) >= 11 is 0. The summed E-state index contributed by atoms with van der Waals surface area (Å²) in [5, 5.41) is 9.53. The first kappa shape index (κ1) is 13.4. The Kier molecular flexibility index (Phi) is 4.06. The van der Waals surface area contributed by atoms with Gasteiger partial charge in [0.05, 0.1) is 6.26 Å². The maximum atomic E-state index is 9.53. The summed E-state index contributed by atoms with van der Waals surface area (Å²) in [4.78, 5) is 0. The highest BCUT2D eigenvalue weighted by Crippen LogP contribution is 2.33.